The summed E-state index contributed by atoms with van der Waals surface area (Å²) in [4.78, 5) is 22.9. The molecule has 4 nitrogen and oxygen atoms in total. The van der Waals surface area contributed by atoms with Gasteiger partial charge >= 0.3 is 11.9 Å². The molecule has 0 radical (unpaired) electrons. The predicted octanol–water partition coefficient (Wildman–Crippen LogP) is 5.43. The molecule has 0 bridgehead atoms. The van der Waals surface area contributed by atoms with Crippen molar-refractivity contribution in [1.29, 1.82) is 0 Å². The Morgan fingerprint density at radius 3 is 2.41 bits per heavy atom. The molecule has 1 aromatic carbocycles. The first-order chi connectivity index (χ1) is 12.8. The quantitative estimate of drug-likeness (QED) is 0.490. The number of carbonyl (C=O) groups excluding carboxylic acids is 1. The van der Waals surface area contributed by atoms with Gasteiger partial charge in [0.2, 0.25) is 0 Å². The minimum absolute atomic E-state index is 0.275. The van der Waals surface area contributed by atoms with Crippen molar-refractivity contribution in [3.63, 3.8) is 0 Å². The first-order valence-corrected chi connectivity index (χ1v) is 9.75. The van der Waals surface area contributed by atoms with Crippen molar-refractivity contribution >= 4 is 11.9 Å². The van der Waals surface area contributed by atoms with E-state index in [1.54, 1.807) is 18.2 Å². The molecule has 1 aliphatic carbocycles. The summed E-state index contributed by atoms with van der Waals surface area (Å²) in [6, 6.07) is 7.50. The van der Waals surface area contributed by atoms with E-state index in [1.165, 1.54) is 6.92 Å². The van der Waals surface area contributed by atoms with Crippen molar-refractivity contribution in [2.45, 2.75) is 65.2 Å². The van der Waals surface area contributed by atoms with Gasteiger partial charge in [0.1, 0.15) is 5.75 Å². The number of ether oxygens (including phenoxy) is 1. The third-order valence-electron chi connectivity index (χ3n) is 5.42. The summed E-state index contributed by atoms with van der Waals surface area (Å²) in [6.07, 6.45) is 8.64. The largest absolute Gasteiger partial charge is 0.478 e. The molecule has 1 aromatic rings. The molecule has 0 spiro atoms. The third kappa shape index (κ3) is 5.09. The summed E-state index contributed by atoms with van der Waals surface area (Å²) in [5.41, 5.74) is 2.31. The molecule has 0 heterocycles. The highest BCUT2D eigenvalue weighted by Gasteiger charge is 2.33. The van der Waals surface area contributed by atoms with E-state index in [0.29, 0.717) is 23.7 Å². The predicted molar refractivity (Wildman–Crippen MR) is 107 cm³/mol. The molecule has 0 fully saturated rings. The number of unbranched alkanes of at least 4 members (excludes halogenated alkanes) is 1. The van der Waals surface area contributed by atoms with E-state index in [9.17, 15) is 14.7 Å². The van der Waals surface area contributed by atoms with Gasteiger partial charge < -0.3 is 9.84 Å². The summed E-state index contributed by atoms with van der Waals surface area (Å²) in [6.45, 7) is 7.81. The third-order valence-corrected chi connectivity index (χ3v) is 5.42. The fourth-order valence-electron chi connectivity index (χ4n) is 3.84. The monoisotopic (exact) mass is 370 g/mol. The van der Waals surface area contributed by atoms with Gasteiger partial charge in [-0.15, -0.1) is 0 Å². The number of aliphatic carboxylic acids is 1. The fourth-order valence-corrected chi connectivity index (χ4v) is 3.84. The van der Waals surface area contributed by atoms with Gasteiger partial charge in [0, 0.05) is 12.3 Å². The van der Waals surface area contributed by atoms with Crippen LogP contribution in [0.4, 0.5) is 0 Å². The Kier molecular flexibility index (Phi) is 7.00. The van der Waals surface area contributed by atoms with Gasteiger partial charge in [0.25, 0.3) is 0 Å². The van der Waals surface area contributed by atoms with Crippen LogP contribution in [0.3, 0.4) is 0 Å². The van der Waals surface area contributed by atoms with Gasteiger partial charge in [0.15, 0.2) is 0 Å². The molecule has 0 aromatic heterocycles. The lowest BCUT2D eigenvalue weighted by Gasteiger charge is -2.35. The maximum Gasteiger partial charge on any atom is 0.335 e. The van der Waals surface area contributed by atoms with E-state index >= 15 is 0 Å². The summed E-state index contributed by atoms with van der Waals surface area (Å²) >= 11 is 0. The zero-order valence-corrected chi connectivity index (χ0v) is 16.7. The molecule has 2 atom stereocenters. The van der Waals surface area contributed by atoms with Crippen LogP contribution in [-0.4, -0.2) is 17.0 Å². The normalized spacial score (nSPS) is 20.4. The molecule has 146 valence electrons. The van der Waals surface area contributed by atoms with Crippen LogP contribution in [0.1, 0.15) is 65.4 Å². The molecule has 0 saturated carbocycles. The number of rotatable bonds is 8. The molecular formula is C23H30O4. The molecule has 0 aliphatic heterocycles. The van der Waals surface area contributed by atoms with Crippen LogP contribution in [0.5, 0.6) is 5.75 Å². The molecule has 2 rings (SSSR count). The molecule has 27 heavy (non-hydrogen) atoms. The number of hydrogen-bond acceptors (Lipinski definition) is 3. The van der Waals surface area contributed by atoms with Crippen molar-refractivity contribution < 1.29 is 19.4 Å². The van der Waals surface area contributed by atoms with E-state index in [1.807, 2.05) is 18.2 Å². The van der Waals surface area contributed by atoms with Gasteiger partial charge in [-0.1, -0.05) is 63.5 Å². The van der Waals surface area contributed by atoms with Gasteiger partial charge in [-0.05, 0) is 42.9 Å². The Bertz CT molecular complexity index is 742. The fraction of sp³-hybridized carbons (Fsp3) is 0.478. The highest BCUT2D eigenvalue weighted by molar-refractivity contribution is 5.91. The Morgan fingerprint density at radius 1 is 1.22 bits per heavy atom. The van der Waals surface area contributed by atoms with Crippen molar-refractivity contribution in [3.05, 3.63) is 53.1 Å². The van der Waals surface area contributed by atoms with Gasteiger partial charge in [-0.3, -0.25) is 4.79 Å². The molecule has 1 unspecified atom stereocenters. The number of carbonyl (C=O) groups is 2. The zero-order chi connectivity index (χ0) is 20.0. The lowest BCUT2D eigenvalue weighted by atomic mass is 9.69. The zero-order valence-electron chi connectivity index (χ0n) is 16.7. The van der Waals surface area contributed by atoms with E-state index in [4.69, 9.17) is 4.74 Å². The smallest absolute Gasteiger partial charge is 0.335 e. The maximum atomic E-state index is 11.8. The summed E-state index contributed by atoms with van der Waals surface area (Å²) in [5.74, 6) is -0.375. The highest BCUT2D eigenvalue weighted by Crippen LogP contribution is 2.42. The lowest BCUT2D eigenvalue weighted by Crippen LogP contribution is -2.27. The molecule has 0 amide bonds. The highest BCUT2D eigenvalue weighted by atomic mass is 16.5. The molecule has 1 N–H and O–H groups in total. The lowest BCUT2D eigenvalue weighted by molar-refractivity contribution is -0.133. The number of carboxylic acids is 1. The van der Waals surface area contributed by atoms with Crippen molar-refractivity contribution in [1.82, 2.24) is 0 Å². The maximum absolute atomic E-state index is 11.8. The van der Waals surface area contributed by atoms with Crippen molar-refractivity contribution in [2.75, 3.05) is 0 Å². The van der Waals surface area contributed by atoms with Gasteiger partial charge in [-0.25, -0.2) is 4.79 Å². The van der Waals surface area contributed by atoms with Crippen LogP contribution >= 0.6 is 0 Å². The van der Waals surface area contributed by atoms with Crippen LogP contribution in [0.2, 0.25) is 0 Å². The van der Waals surface area contributed by atoms with E-state index in [0.717, 1.165) is 36.8 Å². The second kappa shape index (κ2) is 9.03. The van der Waals surface area contributed by atoms with Crippen LogP contribution in [0.15, 0.2) is 47.6 Å². The topological polar surface area (TPSA) is 63.6 Å². The summed E-state index contributed by atoms with van der Waals surface area (Å²) < 4.78 is 5.12. The van der Waals surface area contributed by atoms with E-state index in [2.05, 4.69) is 20.8 Å². The Labute approximate surface area is 161 Å². The Balaban J connectivity index is 2.33. The first kappa shape index (κ1) is 20.9. The average molecular weight is 370 g/mol. The molecule has 4 heteroatoms. The first-order valence-electron chi connectivity index (χ1n) is 9.75. The van der Waals surface area contributed by atoms with Crippen LogP contribution in [0.25, 0.3) is 0 Å². The standard InChI is InChI=1S/C23H30O4/c1-5-7-8-17(6-2)21-15-23(4,14-13-20(21)22(25)26)18-9-11-19(12-10-18)27-16(3)24/h9-14,17H,5-8,15H2,1-4H3,(H,25,26)/t17?,23-/m0/s1. The van der Waals surface area contributed by atoms with Crippen molar-refractivity contribution in [2.24, 2.45) is 5.92 Å². The number of hydrogen-bond donors (Lipinski definition) is 1. The second-order valence-corrected chi connectivity index (χ2v) is 7.54. The minimum Gasteiger partial charge on any atom is -0.478 e. The van der Waals surface area contributed by atoms with Crippen molar-refractivity contribution in [3.8, 4) is 5.75 Å². The molecule has 1 aliphatic rings. The van der Waals surface area contributed by atoms with E-state index in [-0.39, 0.29) is 11.4 Å². The van der Waals surface area contributed by atoms with Crippen LogP contribution < -0.4 is 4.74 Å². The molecule has 0 saturated heterocycles. The van der Waals surface area contributed by atoms with Gasteiger partial charge in [-0.2, -0.15) is 0 Å². The Morgan fingerprint density at radius 2 is 1.89 bits per heavy atom. The van der Waals surface area contributed by atoms with Crippen LogP contribution in [-0.2, 0) is 15.0 Å². The number of carboxylic acid groups (broad SMARTS) is 1. The summed E-state index contributed by atoms with van der Waals surface area (Å²) in [7, 11) is 0. The van der Waals surface area contributed by atoms with E-state index < -0.39 is 5.97 Å². The number of allylic oxidation sites excluding steroid dienone is 2. The number of benzene rings is 1. The number of esters is 1. The SMILES string of the molecule is CCCCC(CC)C1=C(C(=O)O)C=C[C@](C)(c2ccc(OC(C)=O)cc2)C1. The van der Waals surface area contributed by atoms with Gasteiger partial charge in [0.05, 0.1) is 5.57 Å². The average Bonchev–Trinajstić information content (AvgIpc) is 2.62. The second-order valence-electron chi connectivity index (χ2n) is 7.54. The summed E-state index contributed by atoms with van der Waals surface area (Å²) in [5, 5.41) is 9.68. The minimum atomic E-state index is -0.844. The molecular weight excluding hydrogens is 340 g/mol. The Hall–Kier alpha value is -2.36. The van der Waals surface area contributed by atoms with Crippen LogP contribution in [0, 0.1) is 5.92 Å².